The second-order valence-electron chi connectivity index (χ2n) is 23.0. The molecule has 4 aromatic rings. The Morgan fingerprint density at radius 1 is 0.299 bits per heavy atom. The van der Waals surface area contributed by atoms with Crippen molar-refractivity contribution in [2.45, 2.75) is 271 Å². The number of rotatable bonds is 36. The molecule has 1 N–H and O–H groups in total. The predicted molar refractivity (Wildman–Crippen MR) is 297 cm³/mol. The molecule has 67 heavy (non-hydrogen) atoms. The van der Waals surface area contributed by atoms with E-state index in [9.17, 15) is 5.11 Å². The summed E-state index contributed by atoms with van der Waals surface area (Å²) in [5, 5.41) is 12.2. The topological polar surface area (TPSA) is 20.2 Å². The molecule has 0 heterocycles. The fourth-order valence-electron chi connectivity index (χ4n) is 11.5. The maximum Gasteiger partial charge on any atom is 0.119 e. The minimum atomic E-state index is -0.154. The second kappa shape index (κ2) is 30.3. The van der Waals surface area contributed by atoms with Crippen molar-refractivity contribution in [3.63, 3.8) is 0 Å². The Labute approximate surface area is 415 Å². The lowest BCUT2D eigenvalue weighted by Gasteiger charge is -2.35. The van der Waals surface area contributed by atoms with E-state index in [4.69, 9.17) is 0 Å². The molecule has 0 atom stereocenters. The predicted octanol–water partition coefficient (Wildman–Crippen LogP) is 20.0. The quantitative estimate of drug-likeness (QED) is 0.0451. The maximum atomic E-state index is 12.2. The molecule has 4 aromatic carbocycles. The van der Waals surface area contributed by atoms with Gasteiger partial charge in [-0.2, -0.15) is 0 Å². The van der Waals surface area contributed by atoms with Crippen LogP contribution in [-0.4, -0.2) is 5.11 Å². The lowest BCUT2D eigenvalue weighted by molar-refractivity contribution is 0.438. The van der Waals surface area contributed by atoms with Crippen LogP contribution < -0.4 is 0 Å². The summed E-state index contributed by atoms with van der Waals surface area (Å²) in [5.74, 6) is 0.461. The zero-order valence-corrected chi connectivity index (χ0v) is 45.2. The SMILES string of the molecule is CCCCCCCCCCc1ccccc1C(C)(C)Cc1ccc(O)c(CC(C)(C)c2ccccc2CCCCCCCCCC)c1CC(C)(C)c1ccccc1CCCCCCCCCC. The number of hydrogen-bond acceptors (Lipinski definition) is 1. The van der Waals surface area contributed by atoms with E-state index in [1.54, 1.807) is 0 Å². The number of benzene rings is 4. The van der Waals surface area contributed by atoms with Crippen molar-refractivity contribution in [1.29, 1.82) is 0 Å². The largest absolute Gasteiger partial charge is 0.508 e. The smallest absolute Gasteiger partial charge is 0.119 e. The van der Waals surface area contributed by atoms with Crippen molar-refractivity contribution in [3.8, 4) is 5.75 Å². The number of phenolic OH excluding ortho intramolecular Hbond substituents is 1. The van der Waals surface area contributed by atoms with Gasteiger partial charge in [0.25, 0.3) is 0 Å². The van der Waals surface area contributed by atoms with Gasteiger partial charge in [0.05, 0.1) is 0 Å². The van der Waals surface area contributed by atoms with Crippen LogP contribution in [0.5, 0.6) is 5.75 Å². The molecule has 0 radical (unpaired) electrons. The fraction of sp³-hybridized carbons (Fsp3) is 0.636. The van der Waals surface area contributed by atoms with Crippen molar-refractivity contribution in [2.24, 2.45) is 0 Å². The lowest BCUT2D eigenvalue weighted by atomic mass is 9.69. The van der Waals surface area contributed by atoms with Gasteiger partial charge in [0, 0.05) is 0 Å². The molecule has 0 saturated heterocycles. The first kappa shape index (κ1) is 56.3. The van der Waals surface area contributed by atoms with Crippen LogP contribution in [0.2, 0.25) is 0 Å². The van der Waals surface area contributed by atoms with Gasteiger partial charge in [-0.1, -0.05) is 276 Å². The molecule has 0 spiro atoms. The van der Waals surface area contributed by atoms with Crippen LogP contribution in [0.15, 0.2) is 84.9 Å². The van der Waals surface area contributed by atoms with Gasteiger partial charge in [0.15, 0.2) is 0 Å². The molecule has 0 aliphatic heterocycles. The fourth-order valence-corrected chi connectivity index (χ4v) is 11.5. The van der Waals surface area contributed by atoms with Crippen LogP contribution in [0, 0.1) is 0 Å². The number of phenols is 1. The summed E-state index contributed by atoms with van der Waals surface area (Å²) in [6, 6.07) is 32.3. The van der Waals surface area contributed by atoms with Crippen molar-refractivity contribution < 1.29 is 5.11 Å². The molecule has 0 aromatic heterocycles. The highest BCUT2D eigenvalue weighted by atomic mass is 16.3. The molecule has 0 saturated carbocycles. The van der Waals surface area contributed by atoms with Crippen LogP contribution >= 0.6 is 0 Å². The van der Waals surface area contributed by atoms with Gasteiger partial charge in [-0.15, -0.1) is 0 Å². The molecular weight excluding hydrogens is 809 g/mol. The van der Waals surface area contributed by atoms with E-state index in [0.717, 1.165) is 44.1 Å². The van der Waals surface area contributed by atoms with Crippen molar-refractivity contribution >= 4 is 0 Å². The van der Waals surface area contributed by atoms with E-state index in [0.29, 0.717) is 5.75 Å². The third kappa shape index (κ3) is 19.2. The molecule has 4 rings (SSSR count). The van der Waals surface area contributed by atoms with Gasteiger partial charge in [-0.05, 0) is 130 Å². The van der Waals surface area contributed by atoms with Crippen LogP contribution in [0.3, 0.4) is 0 Å². The minimum absolute atomic E-state index is 0.0730. The van der Waals surface area contributed by atoms with Crippen molar-refractivity contribution in [3.05, 3.63) is 135 Å². The summed E-state index contributed by atoms with van der Waals surface area (Å²) in [5.41, 5.74) is 12.5. The van der Waals surface area contributed by atoms with Crippen LogP contribution in [-0.2, 0) is 54.8 Å². The zero-order chi connectivity index (χ0) is 48.4. The third-order valence-corrected chi connectivity index (χ3v) is 15.5. The normalized spacial score (nSPS) is 12.3. The van der Waals surface area contributed by atoms with E-state index in [2.05, 4.69) is 141 Å². The lowest BCUT2D eigenvalue weighted by Crippen LogP contribution is -2.29. The van der Waals surface area contributed by atoms with E-state index >= 15 is 0 Å². The molecule has 0 aliphatic rings. The van der Waals surface area contributed by atoms with Gasteiger partial charge >= 0.3 is 0 Å². The van der Waals surface area contributed by atoms with E-state index < -0.39 is 0 Å². The highest BCUT2D eigenvalue weighted by Gasteiger charge is 2.33. The second-order valence-corrected chi connectivity index (χ2v) is 23.0. The van der Waals surface area contributed by atoms with Crippen molar-refractivity contribution in [2.75, 3.05) is 0 Å². The molecule has 0 bridgehead atoms. The van der Waals surface area contributed by atoms with Crippen LogP contribution in [0.1, 0.15) is 266 Å². The minimum Gasteiger partial charge on any atom is -0.508 e. The van der Waals surface area contributed by atoms with E-state index in [-0.39, 0.29) is 16.2 Å². The van der Waals surface area contributed by atoms with Crippen LogP contribution in [0.25, 0.3) is 0 Å². The van der Waals surface area contributed by atoms with Gasteiger partial charge in [0.2, 0.25) is 0 Å². The molecule has 0 unspecified atom stereocenters. The number of unbranched alkanes of at least 4 members (excludes halogenated alkanes) is 21. The van der Waals surface area contributed by atoms with Gasteiger partial charge < -0.3 is 5.11 Å². The van der Waals surface area contributed by atoms with Crippen LogP contribution in [0.4, 0.5) is 0 Å². The number of hydrogen-bond donors (Lipinski definition) is 1. The Kier molecular flexibility index (Phi) is 25.5. The number of aryl methyl sites for hydroxylation is 3. The summed E-state index contributed by atoms with van der Waals surface area (Å²) in [4.78, 5) is 0. The average Bonchev–Trinajstić information content (AvgIpc) is 3.31. The monoisotopic (exact) mass is 911 g/mol. The summed E-state index contributed by atoms with van der Waals surface area (Å²) in [6.07, 6.45) is 38.3. The van der Waals surface area contributed by atoms with Crippen molar-refractivity contribution in [1.82, 2.24) is 0 Å². The zero-order valence-electron chi connectivity index (χ0n) is 45.2. The first-order valence-electron chi connectivity index (χ1n) is 28.4. The Morgan fingerprint density at radius 3 is 0.925 bits per heavy atom. The Morgan fingerprint density at radius 2 is 0.582 bits per heavy atom. The number of aromatic hydroxyl groups is 1. The average molecular weight is 912 g/mol. The Balaban J connectivity index is 1.66. The standard InChI is InChI=1S/C66H102O/c1-10-13-16-19-22-25-28-31-40-54-43-34-37-46-60(54)64(4,5)51-57-49-50-63(67)59(53-66(8,9)62-48-39-36-45-56(62)42-33-30-27-24-21-18-15-12-3)58(57)52-65(6,7)61-47-38-35-44-55(61)41-32-29-26-23-20-17-14-11-2/h34-39,43-50,67H,10-33,40-42,51-53H2,1-9H3. The summed E-state index contributed by atoms with van der Waals surface area (Å²) in [7, 11) is 0. The molecule has 1 nitrogen and oxygen atoms in total. The highest BCUT2D eigenvalue weighted by molar-refractivity contribution is 5.50. The Hall–Kier alpha value is -3.32. The summed E-state index contributed by atoms with van der Waals surface area (Å²) >= 11 is 0. The molecule has 0 aliphatic carbocycles. The third-order valence-electron chi connectivity index (χ3n) is 15.5. The molecule has 372 valence electrons. The summed E-state index contributed by atoms with van der Waals surface area (Å²) in [6.45, 7) is 21.7. The van der Waals surface area contributed by atoms with Gasteiger partial charge in [-0.25, -0.2) is 0 Å². The first-order valence-corrected chi connectivity index (χ1v) is 28.4. The van der Waals surface area contributed by atoms with Gasteiger partial charge in [-0.3, -0.25) is 0 Å². The highest BCUT2D eigenvalue weighted by Crippen LogP contribution is 2.42. The summed E-state index contributed by atoms with van der Waals surface area (Å²) < 4.78 is 0. The molecule has 1 heteroatoms. The molecular formula is C66H102O. The van der Waals surface area contributed by atoms with E-state index in [1.807, 2.05) is 6.07 Å². The Bertz CT molecular complexity index is 1940. The van der Waals surface area contributed by atoms with Gasteiger partial charge in [0.1, 0.15) is 5.75 Å². The molecule has 0 amide bonds. The first-order chi connectivity index (χ1) is 32.3. The maximum absolute atomic E-state index is 12.2. The molecule has 0 fully saturated rings. The van der Waals surface area contributed by atoms with E-state index in [1.165, 1.54) is 199 Å².